The second-order valence-corrected chi connectivity index (χ2v) is 24.0. The Kier molecular flexibility index (Phi) is 18.5. The quantitative estimate of drug-likeness (QED) is 0.0384. The third-order valence-electron chi connectivity index (χ3n) is 16.5. The smallest absolute Gasteiger partial charge is 0.264 e. The van der Waals surface area contributed by atoms with Gasteiger partial charge in [-0.25, -0.2) is 32.2 Å². The van der Waals surface area contributed by atoms with Gasteiger partial charge < -0.3 is 24.6 Å². The molecule has 10 rings (SSSR count). The van der Waals surface area contributed by atoms with Crippen molar-refractivity contribution in [2.24, 2.45) is 0 Å². The summed E-state index contributed by atoms with van der Waals surface area (Å²) >= 11 is 0. The Morgan fingerprint density at radius 1 is 0.771 bits per heavy atom. The molecule has 0 spiro atoms. The molecule has 438 valence electrons. The molecule has 7 heterocycles. The summed E-state index contributed by atoms with van der Waals surface area (Å²) in [5, 5.41) is 5.54. The van der Waals surface area contributed by atoms with Crippen molar-refractivity contribution in [3.05, 3.63) is 126 Å². The van der Waals surface area contributed by atoms with Gasteiger partial charge in [-0.2, -0.15) is 0 Å². The lowest BCUT2D eigenvalue weighted by atomic mass is 10.0. The summed E-state index contributed by atoms with van der Waals surface area (Å²) in [7, 11) is -1.81. The van der Waals surface area contributed by atoms with Gasteiger partial charge in [0.1, 0.15) is 29.7 Å². The van der Waals surface area contributed by atoms with Gasteiger partial charge in [-0.05, 0) is 92.6 Å². The van der Waals surface area contributed by atoms with Gasteiger partial charge in [-0.15, -0.1) is 0 Å². The van der Waals surface area contributed by atoms with Crippen molar-refractivity contribution in [3.63, 3.8) is 0 Å². The molecule has 3 fully saturated rings. The van der Waals surface area contributed by atoms with Crippen LogP contribution in [0.1, 0.15) is 122 Å². The van der Waals surface area contributed by atoms with E-state index in [0.29, 0.717) is 47.2 Å². The lowest BCUT2D eigenvalue weighted by molar-refractivity contribution is -0.136. The van der Waals surface area contributed by atoms with Crippen molar-refractivity contribution in [3.8, 4) is 16.8 Å². The number of rotatable bonds is 24. The minimum absolute atomic E-state index is 0.0617. The fraction of sp³-hybridized carbons (Fsp3) is 0.443. The standard InChI is InChI=1S/C61H72F2N12O7S/c1-3-34-83(81,82)69-49-20-19-47(62)58(56(49)63)74-39-46(43-36-64-40-65-37-43)57-50(74)21-23-52(67-57)70(2)44-25-28-71(29-26-44)27-10-8-6-4-5-7-9-14-54(77)73-32-30-72(31-33-73)38-42-17-15-41(16-18-42)35-66-48-13-11-12-45-55(48)61(80)75(60(45)79)51-22-24-53(76)68-59(51)78/h11-13,15-21,23,36-37,39-40,44,51,66,69H,3-10,14,22,24-35,38H2,1-2H3,(H,68,76,78). The number of nitrogens with one attached hydrogen (secondary N) is 3. The molecule has 22 heteroatoms. The Hall–Kier alpha value is -7.69. The fourth-order valence-corrected chi connectivity index (χ4v) is 13.0. The predicted molar refractivity (Wildman–Crippen MR) is 313 cm³/mol. The topological polar surface area (TPSA) is 215 Å². The zero-order chi connectivity index (χ0) is 58.2. The number of anilines is 3. The average molecular weight is 1160 g/mol. The first-order valence-corrected chi connectivity index (χ1v) is 30.7. The van der Waals surface area contributed by atoms with Crippen molar-refractivity contribution in [1.82, 2.24) is 44.4 Å². The molecule has 3 N–H and O–H groups in total. The van der Waals surface area contributed by atoms with Crippen LogP contribution in [0.4, 0.5) is 26.0 Å². The van der Waals surface area contributed by atoms with Gasteiger partial charge in [0, 0.05) is 114 Å². The Morgan fingerprint density at radius 2 is 1.48 bits per heavy atom. The number of piperazine rings is 1. The third kappa shape index (κ3) is 13.6. The first-order chi connectivity index (χ1) is 40.2. The molecule has 1 atom stereocenters. The summed E-state index contributed by atoms with van der Waals surface area (Å²) in [4.78, 5) is 87.5. The number of piperidine rings is 2. The molecule has 6 aromatic rings. The summed E-state index contributed by atoms with van der Waals surface area (Å²) in [6.07, 6.45) is 17.0. The molecule has 83 heavy (non-hydrogen) atoms. The zero-order valence-electron chi connectivity index (χ0n) is 47.1. The van der Waals surface area contributed by atoms with E-state index in [1.54, 1.807) is 49.8 Å². The average Bonchev–Trinajstić information content (AvgIpc) is 2.13. The maximum Gasteiger partial charge on any atom is 0.264 e. The van der Waals surface area contributed by atoms with E-state index in [0.717, 1.165) is 125 Å². The highest BCUT2D eigenvalue weighted by Gasteiger charge is 2.45. The number of likely N-dealkylation sites (tertiary alicyclic amines) is 1. The maximum atomic E-state index is 16.1. The molecule has 5 amide bonds. The van der Waals surface area contributed by atoms with E-state index in [2.05, 4.69) is 52.2 Å². The Balaban J connectivity index is 0.601. The van der Waals surface area contributed by atoms with E-state index in [-0.39, 0.29) is 47.4 Å². The van der Waals surface area contributed by atoms with Crippen molar-refractivity contribution >= 4 is 67.8 Å². The van der Waals surface area contributed by atoms with Gasteiger partial charge >= 0.3 is 0 Å². The molecule has 0 saturated carbocycles. The van der Waals surface area contributed by atoms with Crippen LogP contribution in [0.3, 0.4) is 0 Å². The number of sulfonamides is 1. The Bertz CT molecular complexity index is 3460. The SMILES string of the molecule is CCCS(=O)(=O)Nc1ccc(F)c(-n2cc(-c3cncnc3)c3nc(N(C)C4CCN(CCCCCCCCCC(=O)N5CCN(Cc6ccc(CNc7cccc8c7C(=O)N(C7CCC(=O)NC7=O)C8=O)cc6)CC5)CC4)ccc32)c1F. The second-order valence-electron chi connectivity index (χ2n) is 22.2. The summed E-state index contributed by atoms with van der Waals surface area (Å²) < 4.78 is 60.5. The molecule has 0 aliphatic carbocycles. The van der Waals surface area contributed by atoms with Crippen LogP contribution in [-0.4, -0.2) is 148 Å². The summed E-state index contributed by atoms with van der Waals surface area (Å²) in [6, 6.07) is 18.3. The lowest BCUT2D eigenvalue weighted by Gasteiger charge is -2.37. The molecule has 0 bridgehead atoms. The monoisotopic (exact) mass is 1150 g/mol. The van der Waals surface area contributed by atoms with Crippen molar-refractivity contribution in [2.45, 2.75) is 116 Å². The van der Waals surface area contributed by atoms with E-state index in [4.69, 9.17) is 4.98 Å². The van der Waals surface area contributed by atoms with Gasteiger partial charge in [0.15, 0.2) is 5.82 Å². The van der Waals surface area contributed by atoms with Crippen molar-refractivity contribution in [1.29, 1.82) is 0 Å². The highest BCUT2D eigenvalue weighted by atomic mass is 32.2. The number of nitrogens with zero attached hydrogens (tertiary/aromatic N) is 9. The molecular weight excluding hydrogens is 1080 g/mol. The van der Waals surface area contributed by atoms with Crippen LogP contribution in [0.25, 0.3) is 27.8 Å². The van der Waals surface area contributed by atoms with E-state index >= 15 is 8.78 Å². The van der Waals surface area contributed by atoms with Crippen LogP contribution in [0.15, 0.2) is 91.6 Å². The van der Waals surface area contributed by atoms with Crippen molar-refractivity contribution in [2.75, 3.05) is 73.6 Å². The molecule has 3 aromatic carbocycles. The molecule has 3 saturated heterocycles. The molecule has 3 aromatic heterocycles. The van der Waals surface area contributed by atoms with Crippen LogP contribution in [-0.2, 0) is 37.5 Å². The summed E-state index contributed by atoms with van der Waals surface area (Å²) in [5.41, 5.74) is 4.50. The van der Waals surface area contributed by atoms with Crippen LogP contribution in [0.5, 0.6) is 0 Å². The lowest BCUT2D eigenvalue weighted by Crippen LogP contribution is -2.54. The van der Waals surface area contributed by atoms with Gasteiger partial charge in [-0.1, -0.05) is 69.4 Å². The molecule has 0 radical (unpaired) electrons. The van der Waals surface area contributed by atoms with Gasteiger partial charge in [0.05, 0.1) is 33.6 Å². The number of benzene rings is 3. The summed E-state index contributed by atoms with van der Waals surface area (Å²) in [6.45, 7) is 8.98. The number of hydrogen-bond acceptors (Lipinski definition) is 14. The number of carbonyl (C=O) groups is 5. The number of carbonyl (C=O) groups excluding carboxylic acids is 5. The number of unbranched alkanes of at least 4 members (excludes halogenated alkanes) is 6. The Labute approximate surface area is 482 Å². The van der Waals surface area contributed by atoms with Gasteiger partial charge in [0.25, 0.3) is 11.8 Å². The highest BCUT2D eigenvalue weighted by molar-refractivity contribution is 7.92. The first-order valence-electron chi connectivity index (χ1n) is 29.0. The minimum Gasteiger partial charge on any atom is -0.380 e. The molecular formula is C61H72F2N12O7S. The van der Waals surface area contributed by atoms with Crippen molar-refractivity contribution < 1.29 is 41.2 Å². The maximum absolute atomic E-state index is 16.1. The van der Waals surface area contributed by atoms with E-state index in [1.807, 2.05) is 30.1 Å². The number of halogens is 2. The molecule has 4 aliphatic rings. The minimum atomic E-state index is -3.84. The number of hydrogen-bond donors (Lipinski definition) is 3. The number of amides is 5. The first kappa shape index (κ1) is 58.5. The van der Waals surface area contributed by atoms with Gasteiger partial charge in [0.2, 0.25) is 27.7 Å². The third-order valence-corrected chi connectivity index (χ3v) is 18.0. The normalized spacial score (nSPS) is 17.3. The molecule has 1 unspecified atom stereocenters. The number of pyridine rings is 1. The van der Waals surface area contributed by atoms with Crippen LogP contribution in [0.2, 0.25) is 0 Å². The van der Waals surface area contributed by atoms with Crippen LogP contribution >= 0.6 is 0 Å². The van der Waals surface area contributed by atoms with E-state index in [1.165, 1.54) is 30.2 Å². The fourth-order valence-electron chi connectivity index (χ4n) is 11.9. The second kappa shape index (κ2) is 26.3. The molecule has 4 aliphatic heterocycles. The summed E-state index contributed by atoms with van der Waals surface area (Å²) in [5.74, 6) is -3.28. The predicted octanol–water partition coefficient (Wildman–Crippen LogP) is 8.29. The van der Waals surface area contributed by atoms with Gasteiger partial charge in [-0.3, -0.25) is 43.8 Å². The largest absolute Gasteiger partial charge is 0.380 e. The number of imide groups is 2. The number of aromatic nitrogens is 4. The number of fused-ring (bicyclic) bond motifs is 2. The zero-order valence-corrected chi connectivity index (χ0v) is 47.9. The molecule has 19 nitrogen and oxygen atoms in total. The highest BCUT2D eigenvalue weighted by Crippen LogP contribution is 2.37. The van der Waals surface area contributed by atoms with E-state index in [9.17, 15) is 32.4 Å². The Morgan fingerprint density at radius 3 is 2.20 bits per heavy atom. The van der Waals surface area contributed by atoms with E-state index < -0.39 is 57.0 Å². The van der Waals surface area contributed by atoms with Crippen LogP contribution in [0, 0.1) is 11.6 Å². The van der Waals surface area contributed by atoms with Crippen LogP contribution < -0.4 is 20.3 Å².